The number of aromatic nitrogens is 2. The van der Waals surface area contributed by atoms with Crippen molar-refractivity contribution in [2.45, 2.75) is 13.1 Å². The summed E-state index contributed by atoms with van der Waals surface area (Å²) in [5.41, 5.74) is 4.73. The minimum Gasteiger partial charge on any atom is -0.473 e. The van der Waals surface area contributed by atoms with Gasteiger partial charge in [0.2, 0.25) is 0 Å². The van der Waals surface area contributed by atoms with Crippen molar-refractivity contribution in [3.8, 4) is 11.3 Å². The quantitative estimate of drug-likeness (QED) is 0.342. The third kappa shape index (κ3) is 8.11. The van der Waals surface area contributed by atoms with Gasteiger partial charge in [-0.2, -0.15) is 5.10 Å². The number of morpholine rings is 1. The van der Waals surface area contributed by atoms with E-state index in [4.69, 9.17) is 29.6 Å². The van der Waals surface area contributed by atoms with Gasteiger partial charge in [-0.05, 0) is 5.56 Å². The SMILES string of the molecule is O=C(O)C(=O)O.c1ccc(Cn2cc(CNCCN3CCOCC3)c(-c3ccccc3)n2)cc1. The number of hydrogen-bond acceptors (Lipinski definition) is 6. The zero-order valence-corrected chi connectivity index (χ0v) is 19.0. The standard InChI is InChI=1S/C23H28N4O.C2H2O4/c1-3-7-20(8-4-1)18-27-19-22(23(25-27)21-9-5-2-6-10-21)17-24-11-12-26-13-15-28-16-14-26;3-1(4)2(5)6/h1-10,19,24H,11-18H2;(H,3,4)(H,5,6). The summed E-state index contributed by atoms with van der Waals surface area (Å²) >= 11 is 0. The molecule has 3 N–H and O–H groups in total. The molecule has 0 spiro atoms. The third-order valence-electron chi connectivity index (χ3n) is 5.28. The molecule has 180 valence electrons. The van der Waals surface area contributed by atoms with E-state index in [1.54, 1.807) is 0 Å². The number of ether oxygens (including phenoxy) is 1. The summed E-state index contributed by atoms with van der Waals surface area (Å²) in [5.74, 6) is -3.65. The molecule has 1 aliphatic rings. The number of nitrogens with zero attached hydrogens (tertiary/aromatic N) is 3. The predicted octanol–water partition coefficient (Wildman–Crippen LogP) is 2.18. The highest BCUT2D eigenvalue weighted by Crippen LogP contribution is 2.22. The molecule has 34 heavy (non-hydrogen) atoms. The van der Waals surface area contributed by atoms with Crippen molar-refractivity contribution in [3.63, 3.8) is 0 Å². The zero-order valence-electron chi connectivity index (χ0n) is 19.0. The van der Waals surface area contributed by atoms with Crippen molar-refractivity contribution in [2.75, 3.05) is 39.4 Å². The normalized spacial score (nSPS) is 13.6. The smallest absolute Gasteiger partial charge is 0.414 e. The topological polar surface area (TPSA) is 117 Å². The number of rotatable bonds is 8. The molecule has 1 saturated heterocycles. The van der Waals surface area contributed by atoms with Gasteiger partial charge in [-0.3, -0.25) is 9.58 Å². The van der Waals surface area contributed by atoms with E-state index in [1.165, 1.54) is 16.7 Å². The van der Waals surface area contributed by atoms with Crippen molar-refractivity contribution in [1.82, 2.24) is 20.0 Å². The number of carboxylic acid groups (broad SMARTS) is 2. The highest BCUT2D eigenvalue weighted by atomic mass is 16.5. The fourth-order valence-corrected chi connectivity index (χ4v) is 3.57. The summed E-state index contributed by atoms with van der Waals surface area (Å²) in [6, 6.07) is 20.9. The monoisotopic (exact) mass is 466 g/mol. The zero-order chi connectivity index (χ0) is 24.2. The summed E-state index contributed by atoms with van der Waals surface area (Å²) in [6.45, 7) is 7.41. The molecule has 1 aliphatic heterocycles. The van der Waals surface area contributed by atoms with E-state index in [1.807, 2.05) is 12.1 Å². The molecule has 3 aromatic rings. The van der Waals surface area contributed by atoms with Gasteiger partial charge in [0.1, 0.15) is 0 Å². The van der Waals surface area contributed by atoms with Gasteiger partial charge in [-0.1, -0.05) is 60.7 Å². The molecule has 0 saturated carbocycles. The first-order chi connectivity index (χ1) is 16.5. The van der Waals surface area contributed by atoms with Crippen LogP contribution in [0.25, 0.3) is 11.3 Å². The first-order valence-corrected chi connectivity index (χ1v) is 11.2. The van der Waals surface area contributed by atoms with Crippen molar-refractivity contribution in [2.24, 2.45) is 0 Å². The second-order valence-electron chi connectivity index (χ2n) is 7.79. The van der Waals surface area contributed by atoms with E-state index in [9.17, 15) is 0 Å². The Kier molecular flexibility index (Phi) is 9.78. The Morgan fingerprint density at radius 2 is 1.56 bits per heavy atom. The molecular weight excluding hydrogens is 436 g/mol. The lowest BCUT2D eigenvalue weighted by Crippen LogP contribution is -2.40. The molecule has 9 nitrogen and oxygen atoms in total. The van der Waals surface area contributed by atoms with E-state index < -0.39 is 11.9 Å². The van der Waals surface area contributed by atoms with E-state index in [-0.39, 0.29) is 0 Å². The number of aliphatic carboxylic acids is 2. The fourth-order valence-electron chi connectivity index (χ4n) is 3.57. The van der Waals surface area contributed by atoms with Crippen LogP contribution in [0.3, 0.4) is 0 Å². The van der Waals surface area contributed by atoms with Gasteiger partial charge in [-0.25, -0.2) is 9.59 Å². The average Bonchev–Trinajstić information content (AvgIpc) is 3.26. The first-order valence-electron chi connectivity index (χ1n) is 11.2. The molecule has 4 rings (SSSR count). The minimum atomic E-state index is -1.82. The Hall–Kier alpha value is -3.53. The lowest BCUT2D eigenvalue weighted by molar-refractivity contribution is -0.159. The maximum Gasteiger partial charge on any atom is 0.414 e. The third-order valence-corrected chi connectivity index (χ3v) is 5.28. The molecule has 0 bridgehead atoms. The van der Waals surface area contributed by atoms with Gasteiger partial charge in [0.15, 0.2) is 0 Å². The predicted molar refractivity (Wildman–Crippen MR) is 127 cm³/mol. The number of nitrogens with one attached hydrogen (secondary N) is 1. The van der Waals surface area contributed by atoms with Crippen LogP contribution >= 0.6 is 0 Å². The van der Waals surface area contributed by atoms with Gasteiger partial charge in [0.25, 0.3) is 0 Å². The van der Waals surface area contributed by atoms with Crippen molar-refractivity contribution in [3.05, 3.63) is 78.0 Å². The number of carbonyl (C=O) groups is 2. The average molecular weight is 467 g/mol. The van der Waals surface area contributed by atoms with Crippen LogP contribution in [-0.2, 0) is 27.4 Å². The van der Waals surface area contributed by atoms with E-state index >= 15 is 0 Å². The Morgan fingerprint density at radius 3 is 2.18 bits per heavy atom. The summed E-state index contributed by atoms with van der Waals surface area (Å²) in [7, 11) is 0. The summed E-state index contributed by atoms with van der Waals surface area (Å²) in [6.07, 6.45) is 2.18. The summed E-state index contributed by atoms with van der Waals surface area (Å²) in [4.78, 5) is 20.7. The van der Waals surface area contributed by atoms with E-state index in [0.29, 0.717) is 0 Å². The van der Waals surface area contributed by atoms with Crippen LogP contribution in [0.4, 0.5) is 0 Å². The molecule has 0 unspecified atom stereocenters. The maximum atomic E-state index is 9.10. The van der Waals surface area contributed by atoms with Crippen LogP contribution in [0.1, 0.15) is 11.1 Å². The highest BCUT2D eigenvalue weighted by molar-refractivity contribution is 6.27. The Morgan fingerprint density at radius 1 is 0.941 bits per heavy atom. The number of hydrogen-bond donors (Lipinski definition) is 3. The summed E-state index contributed by atoms with van der Waals surface area (Å²) in [5, 5.41) is 23.3. The second-order valence-corrected chi connectivity index (χ2v) is 7.79. The Bertz CT molecular complexity index is 1020. The molecule has 1 fully saturated rings. The van der Waals surface area contributed by atoms with E-state index in [0.717, 1.165) is 58.2 Å². The first kappa shape index (κ1) is 25.1. The second kappa shape index (κ2) is 13.2. The van der Waals surface area contributed by atoms with Crippen LogP contribution in [0.5, 0.6) is 0 Å². The molecule has 9 heteroatoms. The molecule has 0 amide bonds. The summed E-state index contributed by atoms with van der Waals surface area (Å²) < 4.78 is 7.47. The van der Waals surface area contributed by atoms with Crippen molar-refractivity contribution < 1.29 is 24.5 Å². The molecule has 2 heterocycles. The molecule has 1 aromatic heterocycles. The molecule has 0 atom stereocenters. The Labute approximate surface area is 198 Å². The van der Waals surface area contributed by atoms with Crippen LogP contribution in [0.2, 0.25) is 0 Å². The van der Waals surface area contributed by atoms with Crippen molar-refractivity contribution in [1.29, 1.82) is 0 Å². The van der Waals surface area contributed by atoms with Crippen LogP contribution in [0.15, 0.2) is 66.9 Å². The minimum absolute atomic E-state index is 0.786. The lowest BCUT2D eigenvalue weighted by Gasteiger charge is -2.26. The largest absolute Gasteiger partial charge is 0.473 e. The molecule has 2 aromatic carbocycles. The van der Waals surface area contributed by atoms with Gasteiger partial charge < -0.3 is 20.3 Å². The lowest BCUT2D eigenvalue weighted by atomic mass is 10.1. The number of carboxylic acids is 2. The van der Waals surface area contributed by atoms with Crippen LogP contribution in [-0.4, -0.2) is 76.2 Å². The fraction of sp³-hybridized carbons (Fsp3) is 0.320. The van der Waals surface area contributed by atoms with Gasteiger partial charge in [0, 0.05) is 50.0 Å². The Balaban J connectivity index is 0.000000481. The molecular formula is C25H30N4O5. The molecule has 0 radical (unpaired) electrons. The maximum absolute atomic E-state index is 9.10. The highest BCUT2D eigenvalue weighted by Gasteiger charge is 2.13. The van der Waals surface area contributed by atoms with Crippen molar-refractivity contribution >= 4 is 11.9 Å². The number of benzene rings is 2. The molecule has 0 aliphatic carbocycles. The van der Waals surface area contributed by atoms with Gasteiger partial charge in [-0.15, -0.1) is 0 Å². The van der Waals surface area contributed by atoms with Gasteiger partial charge in [0.05, 0.1) is 25.5 Å². The van der Waals surface area contributed by atoms with E-state index in [2.05, 4.69) is 69.6 Å². The van der Waals surface area contributed by atoms with Crippen LogP contribution < -0.4 is 5.32 Å². The van der Waals surface area contributed by atoms with Crippen LogP contribution in [0, 0.1) is 0 Å². The van der Waals surface area contributed by atoms with Gasteiger partial charge >= 0.3 is 11.9 Å².